The van der Waals surface area contributed by atoms with Gasteiger partial charge in [0, 0.05) is 27.8 Å². The van der Waals surface area contributed by atoms with E-state index in [2.05, 4.69) is 10.6 Å². The lowest BCUT2D eigenvalue weighted by molar-refractivity contribution is -0.121. The Morgan fingerprint density at radius 1 is 1.08 bits per heavy atom. The number of halogens is 2. The fraction of sp³-hybridized carbons (Fsp3) is 0.250. The molecule has 38 heavy (non-hydrogen) atoms. The summed E-state index contributed by atoms with van der Waals surface area (Å²) in [6.07, 6.45) is 2.10. The van der Waals surface area contributed by atoms with E-state index in [4.69, 9.17) is 28.3 Å². The summed E-state index contributed by atoms with van der Waals surface area (Å²) in [5, 5.41) is 34.0. The zero-order valence-corrected chi connectivity index (χ0v) is 21.6. The van der Waals surface area contributed by atoms with Crippen molar-refractivity contribution in [3.63, 3.8) is 0 Å². The second-order valence-corrected chi connectivity index (χ2v) is 10.8. The number of phenolic OH excluding ortho intramolecular Hbond substituents is 1. The molecule has 1 fully saturated rings. The summed E-state index contributed by atoms with van der Waals surface area (Å²) in [5.74, 6) is -1.84. The SMILES string of the molecule is O=C(NCC1(O)CCC1)C1=NN(c2ccc(Cl)cc2)C2(C(=O)Nc3cc(Cl)ccc32)C1c1cccc(O)c1. The molecule has 1 saturated carbocycles. The number of carbonyl (C=O) groups excluding carboxylic acids is 2. The van der Waals surface area contributed by atoms with Crippen molar-refractivity contribution in [3.05, 3.63) is 87.9 Å². The molecule has 3 aromatic rings. The number of aromatic hydroxyl groups is 1. The molecule has 0 aromatic heterocycles. The number of rotatable bonds is 5. The van der Waals surface area contributed by atoms with Crippen LogP contribution in [-0.2, 0) is 15.1 Å². The average molecular weight is 551 g/mol. The zero-order valence-electron chi connectivity index (χ0n) is 20.1. The Labute approximate surface area is 228 Å². The van der Waals surface area contributed by atoms with Crippen LogP contribution in [0.5, 0.6) is 5.75 Å². The second-order valence-electron chi connectivity index (χ2n) is 9.97. The van der Waals surface area contributed by atoms with Gasteiger partial charge in [-0.25, -0.2) is 5.01 Å². The van der Waals surface area contributed by atoms with Crippen molar-refractivity contribution in [1.29, 1.82) is 0 Å². The molecule has 1 aliphatic carbocycles. The van der Waals surface area contributed by atoms with Crippen molar-refractivity contribution in [2.75, 3.05) is 16.9 Å². The molecule has 6 rings (SSSR count). The summed E-state index contributed by atoms with van der Waals surface area (Å²) in [4.78, 5) is 27.8. The standard InChI is InChI=1S/C28H24Cl2N4O4/c29-17-5-8-19(9-6-17)34-28(21-10-7-18(30)14-22(21)32-26(28)37)23(16-3-1-4-20(35)13-16)24(33-34)25(36)31-15-27(38)11-2-12-27/h1,3-10,13-14,23,35,38H,2,11-12,15H2,(H,31,36)(H,32,37). The van der Waals surface area contributed by atoms with Crippen molar-refractivity contribution in [2.24, 2.45) is 5.10 Å². The van der Waals surface area contributed by atoms with Crippen LogP contribution in [0.4, 0.5) is 11.4 Å². The summed E-state index contributed by atoms with van der Waals surface area (Å²) >= 11 is 12.4. The highest BCUT2D eigenvalue weighted by molar-refractivity contribution is 6.43. The Morgan fingerprint density at radius 2 is 1.82 bits per heavy atom. The van der Waals surface area contributed by atoms with E-state index >= 15 is 0 Å². The first-order valence-corrected chi connectivity index (χ1v) is 13.0. The maximum atomic E-state index is 14.1. The number of hydrogen-bond donors (Lipinski definition) is 4. The number of carbonyl (C=O) groups is 2. The molecule has 194 valence electrons. The van der Waals surface area contributed by atoms with Crippen LogP contribution >= 0.6 is 23.2 Å². The minimum absolute atomic E-state index is 0.0131. The van der Waals surface area contributed by atoms with Crippen LogP contribution in [0.2, 0.25) is 10.0 Å². The first-order valence-electron chi connectivity index (χ1n) is 12.3. The molecule has 0 bridgehead atoms. The number of amides is 2. The molecule has 2 atom stereocenters. The minimum atomic E-state index is -1.51. The molecular formula is C28H24Cl2N4O4. The highest BCUT2D eigenvalue weighted by atomic mass is 35.5. The van der Waals surface area contributed by atoms with E-state index in [1.807, 2.05) is 0 Å². The molecule has 3 aromatic carbocycles. The monoisotopic (exact) mass is 550 g/mol. The van der Waals surface area contributed by atoms with Gasteiger partial charge in [-0.3, -0.25) is 9.59 Å². The largest absolute Gasteiger partial charge is 0.508 e. The molecule has 1 spiro atoms. The Kier molecular flexibility index (Phi) is 5.86. The number of nitrogens with one attached hydrogen (secondary N) is 2. The van der Waals surface area contributed by atoms with Gasteiger partial charge < -0.3 is 20.8 Å². The van der Waals surface area contributed by atoms with Gasteiger partial charge in [-0.2, -0.15) is 5.10 Å². The molecule has 3 aliphatic rings. The van der Waals surface area contributed by atoms with Crippen LogP contribution in [0.3, 0.4) is 0 Å². The normalized spacial score (nSPS) is 23.0. The number of benzene rings is 3. The molecule has 10 heteroatoms. The van der Waals surface area contributed by atoms with Gasteiger partial charge in [-0.15, -0.1) is 0 Å². The molecule has 2 heterocycles. The van der Waals surface area contributed by atoms with Crippen LogP contribution in [0.15, 0.2) is 71.8 Å². The number of hydrogen-bond acceptors (Lipinski definition) is 6. The predicted molar refractivity (Wildman–Crippen MR) is 146 cm³/mol. The number of phenols is 1. The topological polar surface area (TPSA) is 114 Å². The third kappa shape index (κ3) is 3.83. The number of nitrogens with zero attached hydrogens (tertiary/aromatic N) is 2. The lowest BCUT2D eigenvalue weighted by Gasteiger charge is -2.38. The fourth-order valence-electron chi connectivity index (χ4n) is 5.57. The summed E-state index contributed by atoms with van der Waals surface area (Å²) in [6.45, 7) is 0.0734. The average Bonchev–Trinajstić information content (AvgIpc) is 3.37. The molecule has 0 saturated heterocycles. The van der Waals surface area contributed by atoms with Crippen molar-refractivity contribution >= 4 is 52.1 Å². The molecule has 2 amide bonds. The number of aliphatic hydroxyl groups is 1. The van der Waals surface area contributed by atoms with Gasteiger partial charge in [0.2, 0.25) is 0 Å². The Morgan fingerprint density at radius 3 is 2.50 bits per heavy atom. The summed E-state index contributed by atoms with van der Waals surface area (Å²) in [7, 11) is 0. The highest BCUT2D eigenvalue weighted by Crippen LogP contribution is 2.55. The summed E-state index contributed by atoms with van der Waals surface area (Å²) in [6, 6.07) is 18.4. The fourth-order valence-corrected chi connectivity index (χ4v) is 5.87. The zero-order chi connectivity index (χ0) is 26.7. The molecule has 8 nitrogen and oxygen atoms in total. The van der Waals surface area contributed by atoms with Crippen LogP contribution in [0, 0.1) is 0 Å². The van der Waals surface area contributed by atoms with Crippen molar-refractivity contribution in [2.45, 2.75) is 36.3 Å². The molecular weight excluding hydrogens is 527 g/mol. The van der Waals surface area contributed by atoms with Gasteiger partial charge in [0.05, 0.1) is 17.2 Å². The number of fused-ring (bicyclic) bond motifs is 2. The van der Waals surface area contributed by atoms with E-state index in [0.717, 1.165) is 6.42 Å². The van der Waals surface area contributed by atoms with E-state index in [1.165, 1.54) is 12.1 Å². The van der Waals surface area contributed by atoms with E-state index in [0.29, 0.717) is 45.4 Å². The molecule has 2 aliphatic heterocycles. The molecule has 0 radical (unpaired) electrons. The van der Waals surface area contributed by atoms with Crippen LogP contribution in [-0.4, -0.2) is 39.9 Å². The van der Waals surface area contributed by atoms with Crippen LogP contribution in [0.1, 0.15) is 36.3 Å². The quantitative estimate of drug-likeness (QED) is 0.372. The third-order valence-electron chi connectivity index (χ3n) is 7.59. The van der Waals surface area contributed by atoms with E-state index in [9.17, 15) is 19.8 Å². The predicted octanol–water partition coefficient (Wildman–Crippen LogP) is 4.54. The Hall–Kier alpha value is -3.59. The van der Waals surface area contributed by atoms with Crippen molar-refractivity contribution < 1.29 is 19.8 Å². The summed E-state index contributed by atoms with van der Waals surface area (Å²) < 4.78 is 0. The first-order chi connectivity index (χ1) is 18.2. The number of hydrazone groups is 1. The Bertz CT molecular complexity index is 1490. The van der Waals surface area contributed by atoms with Gasteiger partial charge in [0.25, 0.3) is 11.8 Å². The van der Waals surface area contributed by atoms with E-state index in [-0.39, 0.29) is 18.0 Å². The van der Waals surface area contributed by atoms with Gasteiger partial charge >= 0.3 is 0 Å². The van der Waals surface area contributed by atoms with Gasteiger partial charge in [0.1, 0.15) is 11.5 Å². The number of anilines is 2. The van der Waals surface area contributed by atoms with E-state index < -0.39 is 28.9 Å². The van der Waals surface area contributed by atoms with Crippen LogP contribution < -0.4 is 15.6 Å². The maximum absolute atomic E-state index is 14.1. The second kappa shape index (κ2) is 9.01. The van der Waals surface area contributed by atoms with Gasteiger partial charge in [-0.1, -0.05) is 41.4 Å². The smallest absolute Gasteiger partial charge is 0.268 e. The van der Waals surface area contributed by atoms with Crippen molar-refractivity contribution in [3.8, 4) is 5.75 Å². The third-order valence-corrected chi connectivity index (χ3v) is 8.08. The van der Waals surface area contributed by atoms with Gasteiger partial charge in [0.15, 0.2) is 5.54 Å². The van der Waals surface area contributed by atoms with E-state index in [1.54, 1.807) is 59.6 Å². The molecule has 2 unspecified atom stereocenters. The van der Waals surface area contributed by atoms with Crippen molar-refractivity contribution in [1.82, 2.24) is 5.32 Å². The lowest BCUT2D eigenvalue weighted by Crippen LogP contribution is -2.53. The summed E-state index contributed by atoms with van der Waals surface area (Å²) in [5.41, 5.74) is -0.231. The Balaban J connectivity index is 1.56. The molecule has 4 N–H and O–H groups in total. The van der Waals surface area contributed by atoms with Crippen LogP contribution in [0.25, 0.3) is 0 Å². The minimum Gasteiger partial charge on any atom is -0.508 e. The first kappa shape index (κ1) is 24.7. The lowest BCUT2D eigenvalue weighted by atomic mass is 9.72. The van der Waals surface area contributed by atoms with Gasteiger partial charge in [-0.05, 0) is 73.4 Å². The maximum Gasteiger partial charge on any atom is 0.268 e. The highest BCUT2D eigenvalue weighted by Gasteiger charge is 2.63.